The number of nitrogen functional groups attached to an aromatic ring is 1. The van der Waals surface area contributed by atoms with Crippen molar-refractivity contribution < 1.29 is 23.2 Å². The Labute approximate surface area is 160 Å². The smallest absolute Gasteiger partial charge is 0.391 e. The number of aromatic nitrogens is 2. The molecule has 0 aliphatic rings. The van der Waals surface area contributed by atoms with Crippen molar-refractivity contribution >= 4 is 41.4 Å². The van der Waals surface area contributed by atoms with E-state index in [1.165, 1.54) is 12.1 Å². The Balaban J connectivity index is 2.37. The summed E-state index contributed by atoms with van der Waals surface area (Å²) in [5.41, 5.74) is 6.70. The third kappa shape index (κ3) is 3.38. The summed E-state index contributed by atoms with van der Waals surface area (Å²) in [6.45, 7) is 6.35. The first-order valence-corrected chi connectivity index (χ1v) is 10.4. The number of halogens is 2. The molecule has 0 radical (unpaired) electrons. The van der Waals surface area contributed by atoms with Gasteiger partial charge in [0.05, 0.1) is 16.2 Å². The number of nitrogens with two attached hydrogens (primary N) is 1. The lowest BCUT2D eigenvalue weighted by Gasteiger charge is -2.14. The molecule has 0 saturated carbocycles. The number of aryl methyl sites for hydroxylation is 1. The van der Waals surface area contributed by atoms with Gasteiger partial charge in [-0.1, -0.05) is 32.4 Å². The van der Waals surface area contributed by atoms with E-state index in [1.54, 1.807) is 0 Å². The van der Waals surface area contributed by atoms with E-state index in [2.05, 4.69) is 4.98 Å². The van der Waals surface area contributed by atoms with Crippen LogP contribution in [-0.2, 0) is 17.5 Å². The molecule has 0 aliphatic carbocycles. The quantitative estimate of drug-likeness (QED) is 0.432. The van der Waals surface area contributed by atoms with Gasteiger partial charge in [-0.3, -0.25) is 4.57 Å². The summed E-state index contributed by atoms with van der Waals surface area (Å²) in [6.07, 6.45) is 0.460. The Bertz CT molecular complexity index is 1070. The molecular formula is C17H20ClFN3O4P. The van der Waals surface area contributed by atoms with Gasteiger partial charge in [-0.2, -0.15) is 0 Å². The minimum absolute atomic E-state index is 0.0469. The molecule has 3 aromatic rings. The molecule has 10 heteroatoms. The molecule has 0 atom stereocenters. The molecule has 4 N–H and O–H groups in total. The first-order chi connectivity index (χ1) is 12.6. The monoisotopic (exact) mass is 415 g/mol. The lowest BCUT2D eigenvalue weighted by atomic mass is 10.1. The van der Waals surface area contributed by atoms with E-state index in [0.29, 0.717) is 29.9 Å². The number of fused-ring (bicyclic) bond motifs is 1. The van der Waals surface area contributed by atoms with Gasteiger partial charge >= 0.3 is 7.60 Å². The van der Waals surface area contributed by atoms with Crippen LogP contribution in [0.3, 0.4) is 0 Å². The van der Waals surface area contributed by atoms with Gasteiger partial charge < -0.3 is 24.5 Å². The molecule has 27 heavy (non-hydrogen) atoms. The van der Waals surface area contributed by atoms with E-state index in [-0.39, 0.29) is 27.9 Å². The SMILES string of the molecule is CCc1c(Cl)c(F)c(N)c2nc(-c3ccc(P(=O)(O)O)o3)n(CC(C)C)c12. The Hall–Kier alpha value is -1.86. The van der Waals surface area contributed by atoms with Crippen LogP contribution in [-0.4, -0.2) is 19.3 Å². The van der Waals surface area contributed by atoms with Crippen LogP contribution < -0.4 is 11.2 Å². The van der Waals surface area contributed by atoms with Gasteiger partial charge in [-0.15, -0.1) is 0 Å². The van der Waals surface area contributed by atoms with E-state index < -0.39 is 18.9 Å². The Kier molecular flexibility index (Phi) is 5.12. The van der Waals surface area contributed by atoms with Crippen LogP contribution in [0.5, 0.6) is 0 Å². The lowest BCUT2D eigenvalue weighted by molar-refractivity contribution is 0.377. The number of rotatable bonds is 5. The predicted molar refractivity (Wildman–Crippen MR) is 103 cm³/mol. The second kappa shape index (κ2) is 6.95. The minimum Gasteiger partial charge on any atom is -0.445 e. The summed E-state index contributed by atoms with van der Waals surface area (Å²) in [4.78, 5) is 23.0. The molecule has 146 valence electrons. The zero-order valence-corrected chi connectivity index (χ0v) is 16.7. The van der Waals surface area contributed by atoms with Crippen molar-refractivity contribution in [1.29, 1.82) is 0 Å². The van der Waals surface area contributed by atoms with Crippen LogP contribution >= 0.6 is 19.2 Å². The fourth-order valence-corrected chi connectivity index (χ4v) is 3.87. The van der Waals surface area contributed by atoms with Gasteiger partial charge in [0.15, 0.2) is 17.4 Å². The van der Waals surface area contributed by atoms with Crippen molar-refractivity contribution in [1.82, 2.24) is 9.55 Å². The summed E-state index contributed by atoms with van der Waals surface area (Å²) in [6, 6.07) is 2.62. The van der Waals surface area contributed by atoms with E-state index in [4.69, 9.17) is 21.8 Å². The number of furan rings is 1. The highest BCUT2D eigenvalue weighted by molar-refractivity contribution is 7.59. The maximum absolute atomic E-state index is 14.4. The highest BCUT2D eigenvalue weighted by Gasteiger charge is 2.27. The molecule has 2 heterocycles. The van der Waals surface area contributed by atoms with Crippen LogP contribution in [0.1, 0.15) is 26.3 Å². The zero-order chi connectivity index (χ0) is 20.1. The van der Waals surface area contributed by atoms with E-state index in [0.717, 1.165) is 0 Å². The molecule has 0 saturated heterocycles. The van der Waals surface area contributed by atoms with Gasteiger partial charge in [0.25, 0.3) is 0 Å². The summed E-state index contributed by atoms with van der Waals surface area (Å²) >= 11 is 6.18. The van der Waals surface area contributed by atoms with Crippen molar-refractivity contribution in [3.8, 4) is 11.6 Å². The molecule has 7 nitrogen and oxygen atoms in total. The third-order valence-electron chi connectivity index (χ3n) is 4.20. The number of benzene rings is 1. The Morgan fingerprint density at radius 1 is 1.41 bits per heavy atom. The summed E-state index contributed by atoms with van der Waals surface area (Å²) < 4.78 is 33.0. The molecule has 1 aromatic carbocycles. The maximum Gasteiger partial charge on any atom is 0.391 e. The van der Waals surface area contributed by atoms with Crippen LogP contribution in [0, 0.1) is 11.7 Å². The number of hydrogen-bond donors (Lipinski definition) is 3. The van der Waals surface area contributed by atoms with Gasteiger partial charge in [0, 0.05) is 6.54 Å². The molecule has 0 amide bonds. The summed E-state index contributed by atoms with van der Waals surface area (Å²) in [5.74, 6) is -0.0612. The highest BCUT2D eigenvalue weighted by Crippen LogP contribution is 2.39. The second-order valence-electron chi connectivity index (χ2n) is 6.69. The number of anilines is 1. The lowest BCUT2D eigenvalue weighted by Crippen LogP contribution is -2.08. The van der Waals surface area contributed by atoms with Gasteiger partial charge in [0.1, 0.15) is 5.52 Å². The number of imidazole rings is 1. The molecular weight excluding hydrogens is 396 g/mol. The summed E-state index contributed by atoms with van der Waals surface area (Å²) in [5, 5.41) is -0.0469. The second-order valence-corrected chi connectivity index (χ2v) is 8.60. The number of nitrogens with zero attached hydrogens (tertiary/aromatic N) is 2. The van der Waals surface area contributed by atoms with Crippen LogP contribution in [0.25, 0.3) is 22.6 Å². The standard InChI is InChI=1S/C17H20ClFN3O4P/c1-4-9-12(18)13(19)14(20)15-16(9)22(7-8(2)3)17(21-15)10-5-6-11(26-10)27(23,24)25/h5-6,8H,4,7,20H2,1-3H3,(H2,23,24,25). The average molecular weight is 416 g/mol. The molecule has 0 fully saturated rings. The minimum atomic E-state index is -4.54. The predicted octanol–water partition coefficient (Wildman–Crippen LogP) is 3.69. The van der Waals surface area contributed by atoms with Crippen molar-refractivity contribution in [3.05, 3.63) is 28.5 Å². The molecule has 3 rings (SSSR count). The van der Waals surface area contributed by atoms with Crippen molar-refractivity contribution in [2.75, 3.05) is 5.73 Å². The van der Waals surface area contributed by atoms with Crippen molar-refractivity contribution in [2.45, 2.75) is 33.7 Å². The van der Waals surface area contributed by atoms with Crippen LogP contribution in [0.2, 0.25) is 5.02 Å². The summed E-state index contributed by atoms with van der Waals surface area (Å²) in [7, 11) is -4.54. The average Bonchev–Trinajstić information content (AvgIpc) is 3.18. The maximum atomic E-state index is 14.4. The van der Waals surface area contributed by atoms with E-state index in [1.807, 2.05) is 25.3 Å². The largest absolute Gasteiger partial charge is 0.445 e. The van der Waals surface area contributed by atoms with Gasteiger partial charge in [-0.25, -0.2) is 9.37 Å². The molecule has 0 spiro atoms. The number of hydrogen-bond acceptors (Lipinski definition) is 4. The van der Waals surface area contributed by atoms with Crippen LogP contribution in [0.4, 0.5) is 10.1 Å². The fourth-order valence-electron chi connectivity index (χ4n) is 3.06. The highest BCUT2D eigenvalue weighted by atomic mass is 35.5. The molecule has 2 aromatic heterocycles. The Morgan fingerprint density at radius 3 is 2.59 bits per heavy atom. The zero-order valence-electron chi connectivity index (χ0n) is 15.0. The third-order valence-corrected chi connectivity index (χ3v) is 5.41. The van der Waals surface area contributed by atoms with E-state index in [9.17, 15) is 18.7 Å². The molecule has 0 aliphatic heterocycles. The van der Waals surface area contributed by atoms with Gasteiger partial charge in [-0.05, 0) is 30.0 Å². The Morgan fingerprint density at radius 2 is 2.07 bits per heavy atom. The topological polar surface area (TPSA) is 115 Å². The molecule has 0 unspecified atom stereocenters. The molecule has 0 bridgehead atoms. The van der Waals surface area contributed by atoms with E-state index >= 15 is 0 Å². The van der Waals surface area contributed by atoms with Crippen molar-refractivity contribution in [3.63, 3.8) is 0 Å². The van der Waals surface area contributed by atoms with Crippen LogP contribution in [0.15, 0.2) is 16.5 Å². The van der Waals surface area contributed by atoms with Gasteiger partial charge in [0.2, 0.25) is 5.50 Å². The first kappa shape index (κ1) is 19.9. The first-order valence-electron chi connectivity index (χ1n) is 8.38. The van der Waals surface area contributed by atoms with Crippen molar-refractivity contribution in [2.24, 2.45) is 5.92 Å². The fraction of sp³-hybridized carbons (Fsp3) is 0.353. The normalized spacial score (nSPS) is 12.4.